The molecule has 1 rings (SSSR count). The highest BCUT2D eigenvalue weighted by Crippen LogP contribution is 2.31. The Bertz CT molecular complexity index is 376. The van der Waals surface area contributed by atoms with Crippen LogP contribution in [-0.2, 0) is 12.7 Å². The van der Waals surface area contributed by atoms with Gasteiger partial charge in [0.2, 0.25) is 0 Å². The topological polar surface area (TPSA) is 38.0 Å². The van der Waals surface area contributed by atoms with Crippen molar-refractivity contribution >= 4 is 0 Å². The molecule has 0 aliphatic carbocycles. The Morgan fingerprint density at radius 3 is 2.53 bits per heavy atom. The fourth-order valence-electron chi connectivity index (χ4n) is 1.28. The summed E-state index contributed by atoms with van der Waals surface area (Å²) < 4.78 is 50.2. The summed E-state index contributed by atoms with van der Waals surface area (Å²) in [5.41, 5.74) is 4.49. The maximum atomic E-state index is 13.0. The number of halogens is 4. The van der Waals surface area contributed by atoms with Gasteiger partial charge in [-0.2, -0.15) is 13.2 Å². The van der Waals surface area contributed by atoms with Gasteiger partial charge in [0.05, 0.1) is 5.56 Å². The summed E-state index contributed by atoms with van der Waals surface area (Å²) in [5, 5.41) is 2.93. The van der Waals surface area contributed by atoms with E-state index < -0.39 is 17.6 Å². The summed E-state index contributed by atoms with van der Waals surface area (Å²) in [5.74, 6) is -1.26. The van der Waals surface area contributed by atoms with Crippen molar-refractivity contribution in [3.8, 4) is 0 Å². The molecule has 0 radical (unpaired) electrons. The van der Waals surface area contributed by atoms with E-state index in [9.17, 15) is 17.6 Å². The third-order valence-electron chi connectivity index (χ3n) is 2.34. The summed E-state index contributed by atoms with van der Waals surface area (Å²) in [6, 6.07) is 2.95. The molecule has 0 bridgehead atoms. The molecule has 2 nitrogen and oxygen atoms in total. The van der Waals surface area contributed by atoms with Crippen molar-refractivity contribution in [3.05, 3.63) is 35.1 Å². The maximum absolute atomic E-state index is 13.0. The summed E-state index contributed by atoms with van der Waals surface area (Å²) >= 11 is 0. The number of alkyl halides is 3. The van der Waals surface area contributed by atoms with Crippen LogP contribution in [0.25, 0.3) is 0 Å². The molecule has 0 aromatic heterocycles. The number of nitrogens with two attached hydrogens (primary N) is 1. The first-order valence-corrected chi connectivity index (χ1v) is 5.13. The third kappa shape index (κ3) is 3.98. The highest BCUT2D eigenvalue weighted by Gasteiger charge is 2.34. The molecule has 0 saturated carbocycles. The molecule has 1 atom stereocenters. The van der Waals surface area contributed by atoms with E-state index in [1.54, 1.807) is 0 Å². The van der Waals surface area contributed by atoms with Crippen LogP contribution in [0.3, 0.4) is 0 Å². The highest BCUT2D eigenvalue weighted by molar-refractivity contribution is 5.27. The smallest absolute Gasteiger partial charge is 0.329 e. The van der Waals surface area contributed by atoms with Crippen molar-refractivity contribution in [2.45, 2.75) is 25.7 Å². The first-order chi connectivity index (χ1) is 7.84. The maximum Gasteiger partial charge on any atom is 0.419 e. The third-order valence-corrected chi connectivity index (χ3v) is 2.34. The van der Waals surface area contributed by atoms with E-state index >= 15 is 0 Å². The minimum Gasteiger partial charge on any atom is -0.329 e. The molecule has 0 spiro atoms. The summed E-state index contributed by atoms with van der Waals surface area (Å²) in [4.78, 5) is 0. The summed E-state index contributed by atoms with van der Waals surface area (Å²) in [6.07, 6.45) is -4.67. The summed E-state index contributed by atoms with van der Waals surface area (Å²) in [7, 11) is 0. The zero-order valence-electron chi connectivity index (χ0n) is 9.31. The lowest BCUT2D eigenvalue weighted by atomic mass is 10.1. The van der Waals surface area contributed by atoms with Crippen molar-refractivity contribution in [1.82, 2.24) is 5.32 Å². The molecule has 0 aliphatic rings. The Morgan fingerprint density at radius 1 is 1.35 bits per heavy atom. The first kappa shape index (κ1) is 13.9. The molecule has 1 aromatic carbocycles. The van der Waals surface area contributed by atoms with E-state index in [2.05, 4.69) is 5.32 Å². The second-order valence-electron chi connectivity index (χ2n) is 3.83. The number of hydrogen-bond acceptors (Lipinski definition) is 2. The Kier molecular flexibility index (Phi) is 4.47. The van der Waals surface area contributed by atoms with Gasteiger partial charge in [-0.15, -0.1) is 0 Å². The molecular formula is C11H14F4N2. The van der Waals surface area contributed by atoms with Crippen LogP contribution in [0.15, 0.2) is 18.2 Å². The molecule has 0 fully saturated rings. The van der Waals surface area contributed by atoms with Crippen LogP contribution in [-0.4, -0.2) is 12.6 Å². The van der Waals surface area contributed by atoms with Crippen molar-refractivity contribution in [3.63, 3.8) is 0 Å². The highest BCUT2D eigenvalue weighted by atomic mass is 19.4. The molecule has 0 aliphatic heterocycles. The lowest BCUT2D eigenvalue weighted by molar-refractivity contribution is -0.140. The molecule has 0 amide bonds. The molecule has 0 heterocycles. The minimum absolute atomic E-state index is 0.00519. The zero-order valence-corrected chi connectivity index (χ0v) is 9.31. The van der Waals surface area contributed by atoms with Gasteiger partial charge in [-0.3, -0.25) is 0 Å². The molecule has 0 saturated heterocycles. The SMILES string of the molecule is C[C@H](CN)NCc1ccc(F)c(C(F)(F)F)c1. The van der Waals surface area contributed by atoms with E-state index in [0.29, 0.717) is 12.1 Å². The molecule has 3 N–H and O–H groups in total. The van der Waals surface area contributed by atoms with E-state index in [1.165, 1.54) is 6.07 Å². The van der Waals surface area contributed by atoms with Crippen molar-refractivity contribution in [2.24, 2.45) is 5.73 Å². The van der Waals surface area contributed by atoms with Gasteiger partial charge in [0.25, 0.3) is 0 Å². The fourth-order valence-corrected chi connectivity index (χ4v) is 1.28. The lowest BCUT2D eigenvalue weighted by Gasteiger charge is -2.13. The zero-order chi connectivity index (χ0) is 13.1. The van der Waals surface area contributed by atoms with E-state index in [4.69, 9.17) is 5.73 Å². The molecule has 1 aromatic rings. The Hall–Kier alpha value is -1.14. The second-order valence-corrected chi connectivity index (χ2v) is 3.83. The van der Waals surface area contributed by atoms with Crippen LogP contribution in [0, 0.1) is 5.82 Å². The number of benzene rings is 1. The average molecular weight is 250 g/mol. The monoisotopic (exact) mass is 250 g/mol. The van der Waals surface area contributed by atoms with Crippen molar-refractivity contribution in [1.29, 1.82) is 0 Å². The van der Waals surface area contributed by atoms with E-state index in [1.807, 2.05) is 6.92 Å². The molecule has 6 heteroatoms. The predicted octanol–water partition coefficient (Wildman–Crippen LogP) is 2.28. The Morgan fingerprint density at radius 2 is 2.00 bits per heavy atom. The quantitative estimate of drug-likeness (QED) is 0.804. The first-order valence-electron chi connectivity index (χ1n) is 5.13. The Balaban J connectivity index is 2.82. The van der Waals surface area contributed by atoms with Gasteiger partial charge in [0.1, 0.15) is 5.82 Å². The van der Waals surface area contributed by atoms with Crippen LogP contribution in [0.5, 0.6) is 0 Å². The van der Waals surface area contributed by atoms with Gasteiger partial charge in [0, 0.05) is 19.1 Å². The summed E-state index contributed by atoms with van der Waals surface area (Å²) in [6.45, 7) is 2.42. The Labute approximate surface area is 96.8 Å². The van der Waals surface area contributed by atoms with Crippen LogP contribution >= 0.6 is 0 Å². The largest absolute Gasteiger partial charge is 0.419 e. The standard InChI is InChI=1S/C11H14F4N2/c1-7(5-16)17-6-8-2-3-10(12)9(4-8)11(13,14)15/h2-4,7,17H,5-6,16H2,1H3/t7-/m1/s1. The second kappa shape index (κ2) is 5.46. The normalized spacial score (nSPS) is 13.8. The van der Waals surface area contributed by atoms with Gasteiger partial charge in [-0.1, -0.05) is 6.07 Å². The predicted molar refractivity (Wildman–Crippen MR) is 56.8 cm³/mol. The number of hydrogen-bond donors (Lipinski definition) is 2. The van der Waals surface area contributed by atoms with Crippen LogP contribution < -0.4 is 11.1 Å². The average Bonchev–Trinajstić information content (AvgIpc) is 2.26. The van der Waals surface area contributed by atoms with Crippen LogP contribution in [0.4, 0.5) is 17.6 Å². The molecule has 0 unspecified atom stereocenters. The van der Waals surface area contributed by atoms with Gasteiger partial charge in [0.15, 0.2) is 0 Å². The molecule has 96 valence electrons. The molecule has 17 heavy (non-hydrogen) atoms. The van der Waals surface area contributed by atoms with E-state index in [0.717, 1.165) is 12.1 Å². The van der Waals surface area contributed by atoms with Gasteiger partial charge in [-0.25, -0.2) is 4.39 Å². The van der Waals surface area contributed by atoms with Gasteiger partial charge >= 0.3 is 6.18 Å². The van der Waals surface area contributed by atoms with Crippen LogP contribution in [0.2, 0.25) is 0 Å². The number of rotatable bonds is 4. The van der Waals surface area contributed by atoms with Crippen LogP contribution in [0.1, 0.15) is 18.1 Å². The van der Waals surface area contributed by atoms with Gasteiger partial charge in [-0.05, 0) is 24.6 Å². The van der Waals surface area contributed by atoms with E-state index in [-0.39, 0.29) is 12.6 Å². The minimum atomic E-state index is -4.67. The van der Waals surface area contributed by atoms with Gasteiger partial charge < -0.3 is 11.1 Å². The fraction of sp³-hybridized carbons (Fsp3) is 0.455. The van der Waals surface area contributed by atoms with Crippen molar-refractivity contribution < 1.29 is 17.6 Å². The lowest BCUT2D eigenvalue weighted by Crippen LogP contribution is -2.32. The van der Waals surface area contributed by atoms with Crippen molar-refractivity contribution in [2.75, 3.05) is 6.54 Å². The number of nitrogens with one attached hydrogen (secondary N) is 1. The molecular weight excluding hydrogens is 236 g/mol.